The van der Waals surface area contributed by atoms with E-state index in [1.807, 2.05) is 19.0 Å². The molecule has 2 amide bonds. The van der Waals surface area contributed by atoms with Gasteiger partial charge in [0.2, 0.25) is 21.8 Å². The molecule has 1 saturated heterocycles. The van der Waals surface area contributed by atoms with Crippen LogP contribution in [0.25, 0.3) is 0 Å². The van der Waals surface area contributed by atoms with Gasteiger partial charge in [-0.1, -0.05) is 0 Å². The average molecular weight is 427 g/mol. The molecule has 0 radical (unpaired) electrons. The second-order valence-corrected chi connectivity index (χ2v) is 10.1. The zero-order valence-electron chi connectivity index (χ0n) is 16.2. The zero-order valence-corrected chi connectivity index (χ0v) is 17.8. The fraction of sp³-hybridized carbons (Fsp3) is 0.556. The van der Waals surface area contributed by atoms with Crippen molar-refractivity contribution in [2.45, 2.75) is 22.6 Å². The first-order chi connectivity index (χ1) is 13.3. The summed E-state index contributed by atoms with van der Waals surface area (Å²) in [5, 5.41) is 2.79. The number of carbonyl (C=O) groups excluding carboxylic acids is 2. The second kappa shape index (κ2) is 8.81. The van der Waals surface area contributed by atoms with Gasteiger partial charge in [-0.05, 0) is 45.1 Å². The van der Waals surface area contributed by atoms with E-state index in [9.17, 15) is 18.0 Å². The van der Waals surface area contributed by atoms with Crippen LogP contribution in [0.3, 0.4) is 0 Å². The van der Waals surface area contributed by atoms with Gasteiger partial charge in [0.15, 0.2) is 0 Å². The number of anilines is 1. The number of carbonyl (C=O) groups is 2. The van der Waals surface area contributed by atoms with Crippen molar-refractivity contribution in [1.82, 2.24) is 14.5 Å². The Morgan fingerprint density at radius 3 is 2.64 bits per heavy atom. The van der Waals surface area contributed by atoms with E-state index in [1.54, 1.807) is 12.1 Å². The van der Waals surface area contributed by atoms with Crippen molar-refractivity contribution in [3.8, 4) is 0 Å². The van der Waals surface area contributed by atoms with Crippen LogP contribution in [-0.2, 0) is 19.6 Å². The zero-order chi connectivity index (χ0) is 20.3. The Kier molecular flexibility index (Phi) is 6.64. The topological polar surface area (TPSA) is 90.0 Å². The summed E-state index contributed by atoms with van der Waals surface area (Å²) in [6.45, 7) is 2.10. The Balaban J connectivity index is 1.81. The molecule has 0 spiro atoms. The molecule has 0 aromatic heterocycles. The van der Waals surface area contributed by atoms with E-state index in [0.717, 1.165) is 17.7 Å². The smallest absolute Gasteiger partial charge is 0.243 e. The summed E-state index contributed by atoms with van der Waals surface area (Å²) in [6.07, 6.45) is 1.72. The first kappa shape index (κ1) is 21.1. The van der Waals surface area contributed by atoms with E-state index in [1.165, 1.54) is 27.0 Å². The van der Waals surface area contributed by atoms with E-state index in [4.69, 9.17) is 0 Å². The van der Waals surface area contributed by atoms with Crippen LogP contribution >= 0.6 is 11.8 Å². The molecule has 28 heavy (non-hydrogen) atoms. The van der Waals surface area contributed by atoms with Crippen LogP contribution < -0.4 is 10.2 Å². The predicted molar refractivity (Wildman–Crippen MR) is 109 cm³/mol. The molecule has 10 heteroatoms. The lowest BCUT2D eigenvalue weighted by molar-refractivity contribution is -0.123. The molecule has 3 rings (SSSR count). The molecule has 154 valence electrons. The predicted octanol–water partition coefficient (Wildman–Crippen LogP) is 0.588. The third kappa shape index (κ3) is 4.68. The highest BCUT2D eigenvalue weighted by molar-refractivity contribution is 8.00. The maximum absolute atomic E-state index is 12.9. The Morgan fingerprint density at radius 2 is 1.96 bits per heavy atom. The van der Waals surface area contributed by atoms with Gasteiger partial charge in [0.1, 0.15) is 6.54 Å². The molecule has 0 atom stereocenters. The summed E-state index contributed by atoms with van der Waals surface area (Å²) in [6, 6.07) is 4.84. The lowest BCUT2D eigenvalue weighted by Gasteiger charge is -2.29. The standard InChI is InChI=1S/C18H26N4O4S2/c1-20(2)10-7-19-17(23)12-22-15-11-14(5-6-16(15)27-13-18(22)24)28(25,26)21-8-3-4-9-21/h5-6,11H,3-4,7-10,12-13H2,1-2H3,(H,19,23). The summed E-state index contributed by atoms with van der Waals surface area (Å²) in [5.41, 5.74) is 0.490. The first-order valence-electron chi connectivity index (χ1n) is 9.28. The number of nitrogens with one attached hydrogen (secondary N) is 1. The molecule has 1 aromatic carbocycles. The number of fused-ring (bicyclic) bond motifs is 1. The van der Waals surface area contributed by atoms with Gasteiger partial charge >= 0.3 is 0 Å². The van der Waals surface area contributed by atoms with Crippen LogP contribution in [0, 0.1) is 0 Å². The van der Waals surface area contributed by atoms with Gasteiger partial charge in [-0.15, -0.1) is 11.8 Å². The SMILES string of the molecule is CN(C)CCNC(=O)CN1C(=O)CSc2ccc(S(=O)(=O)N3CCCC3)cc21. The third-order valence-electron chi connectivity index (χ3n) is 4.76. The summed E-state index contributed by atoms with van der Waals surface area (Å²) in [7, 11) is 0.240. The molecule has 2 aliphatic heterocycles. The molecule has 2 heterocycles. The highest BCUT2D eigenvalue weighted by atomic mass is 32.2. The molecule has 1 fully saturated rings. The van der Waals surface area contributed by atoms with Gasteiger partial charge in [0, 0.05) is 31.1 Å². The highest BCUT2D eigenvalue weighted by Gasteiger charge is 2.31. The minimum Gasteiger partial charge on any atom is -0.353 e. The van der Waals surface area contributed by atoms with Crippen molar-refractivity contribution >= 4 is 39.3 Å². The van der Waals surface area contributed by atoms with Crippen LogP contribution in [-0.4, -0.2) is 82.0 Å². The number of hydrogen-bond acceptors (Lipinski definition) is 6. The van der Waals surface area contributed by atoms with Crippen LogP contribution in [0.5, 0.6) is 0 Å². The Bertz CT molecular complexity index is 851. The number of nitrogens with zero attached hydrogens (tertiary/aromatic N) is 3. The Hall–Kier alpha value is -1.62. The number of benzene rings is 1. The number of hydrogen-bond donors (Lipinski definition) is 1. The molecule has 1 aromatic rings. The van der Waals surface area contributed by atoms with Crippen LogP contribution in [0.1, 0.15) is 12.8 Å². The largest absolute Gasteiger partial charge is 0.353 e. The quantitative estimate of drug-likeness (QED) is 0.686. The number of thioether (sulfide) groups is 1. The van der Waals surface area contributed by atoms with Gasteiger partial charge in [0.25, 0.3) is 0 Å². The van der Waals surface area contributed by atoms with Crippen molar-refractivity contribution in [1.29, 1.82) is 0 Å². The van der Waals surface area contributed by atoms with Gasteiger partial charge in [0.05, 0.1) is 16.3 Å². The molecule has 0 aliphatic carbocycles. The monoisotopic (exact) mass is 426 g/mol. The van der Waals surface area contributed by atoms with Crippen molar-refractivity contribution in [3.05, 3.63) is 18.2 Å². The van der Waals surface area contributed by atoms with Gasteiger partial charge in [-0.2, -0.15) is 4.31 Å². The van der Waals surface area contributed by atoms with Gasteiger partial charge < -0.3 is 15.1 Å². The van der Waals surface area contributed by atoms with Crippen LogP contribution in [0.2, 0.25) is 0 Å². The normalized spacial score (nSPS) is 17.8. The average Bonchev–Trinajstić information content (AvgIpc) is 3.19. The maximum Gasteiger partial charge on any atom is 0.243 e. The third-order valence-corrected chi connectivity index (χ3v) is 7.70. The van der Waals surface area contributed by atoms with Crippen molar-refractivity contribution in [3.63, 3.8) is 0 Å². The van der Waals surface area contributed by atoms with Crippen molar-refractivity contribution in [2.75, 3.05) is 57.5 Å². The maximum atomic E-state index is 12.9. The molecule has 0 unspecified atom stereocenters. The Morgan fingerprint density at radius 1 is 1.25 bits per heavy atom. The molecular formula is C18H26N4O4S2. The molecule has 1 N–H and O–H groups in total. The van der Waals surface area contributed by atoms with E-state index < -0.39 is 10.0 Å². The van der Waals surface area contributed by atoms with Crippen LogP contribution in [0.4, 0.5) is 5.69 Å². The minimum absolute atomic E-state index is 0.118. The van der Waals surface area contributed by atoms with Gasteiger partial charge in [-0.25, -0.2) is 8.42 Å². The second-order valence-electron chi connectivity index (χ2n) is 7.16. The fourth-order valence-corrected chi connectivity index (χ4v) is 5.67. The van der Waals surface area contributed by atoms with Crippen molar-refractivity contribution < 1.29 is 18.0 Å². The summed E-state index contributed by atoms with van der Waals surface area (Å²) in [4.78, 5) is 29.0. The summed E-state index contributed by atoms with van der Waals surface area (Å²) >= 11 is 1.36. The minimum atomic E-state index is -3.59. The van der Waals surface area contributed by atoms with E-state index >= 15 is 0 Å². The lowest BCUT2D eigenvalue weighted by Crippen LogP contribution is -2.44. The number of likely N-dealkylation sites (N-methyl/N-ethyl adjacent to an activating group) is 1. The summed E-state index contributed by atoms with van der Waals surface area (Å²) in [5.74, 6) is -0.229. The Labute approximate surface area is 170 Å². The van der Waals surface area contributed by atoms with E-state index in [2.05, 4.69) is 5.32 Å². The lowest BCUT2D eigenvalue weighted by atomic mass is 10.2. The fourth-order valence-electron chi connectivity index (χ4n) is 3.21. The highest BCUT2D eigenvalue weighted by Crippen LogP contribution is 2.37. The number of amides is 2. The first-order valence-corrected chi connectivity index (χ1v) is 11.7. The van der Waals surface area contributed by atoms with Crippen molar-refractivity contribution in [2.24, 2.45) is 0 Å². The van der Waals surface area contributed by atoms with Crippen LogP contribution in [0.15, 0.2) is 28.0 Å². The molecule has 8 nitrogen and oxygen atoms in total. The van der Waals surface area contributed by atoms with Gasteiger partial charge in [-0.3, -0.25) is 9.59 Å². The molecule has 0 saturated carbocycles. The molecule has 0 bridgehead atoms. The number of rotatable bonds is 7. The van der Waals surface area contributed by atoms with E-state index in [-0.39, 0.29) is 29.0 Å². The summed E-state index contributed by atoms with van der Waals surface area (Å²) < 4.78 is 27.2. The van der Waals surface area contributed by atoms with E-state index in [0.29, 0.717) is 31.9 Å². The molecular weight excluding hydrogens is 400 g/mol. The number of sulfonamides is 1. The molecule has 2 aliphatic rings.